The van der Waals surface area contributed by atoms with Crippen LogP contribution < -0.4 is 5.43 Å². The molecular weight excluding hydrogens is 284 g/mol. The molecule has 2 aromatic rings. The lowest BCUT2D eigenvalue weighted by atomic mass is 10.1. The SMILES string of the molecule is CCCCN(CCCC)Cc1c(C)[nH]c2c(C)cccc2c1=O. The molecule has 2 rings (SSSR count). The van der Waals surface area contributed by atoms with Crippen molar-refractivity contribution in [3.05, 3.63) is 45.2 Å². The summed E-state index contributed by atoms with van der Waals surface area (Å²) >= 11 is 0. The highest BCUT2D eigenvalue weighted by molar-refractivity contribution is 5.82. The molecule has 0 radical (unpaired) electrons. The lowest BCUT2D eigenvalue weighted by Gasteiger charge is -2.23. The summed E-state index contributed by atoms with van der Waals surface area (Å²) in [5.74, 6) is 0. The first-order valence-corrected chi connectivity index (χ1v) is 8.91. The van der Waals surface area contributed by atoms with Crippen molar-refractivity contribution in [3.63, 3.8) is 0 Å². The molecule has 0 aliphatic heterocycles. The Balaban J connectivity index is 2.35. The van der Waals surface area contributed by atoms with Crippen LogP contribution >= 0.6 is 0 Å². The van der Waals surface area contributed by atoms with Gasteiger partial charge < -0.3 is 4.98 Å². The van der Waals surface area contributed by atoms with Crippen molar-refractivity contribution in [1.82, 2.24) is 9.88 Å². The predicted octanol–water partition coefficient (Wildman–Crippen LogP) is 4.55. The van der Waals surface area contributed by atoms with Gasteiger partial charge in [0.15, 0.2) is 5.43 Å². The predicted molar refractivity (Wildman–Crippen MR) is 99.1 cm³/mol. The second-order valence-corrected chi connectivity index (χ2v) is 6.54. The highest BCUT2D eigenvalue weighted by Gasteiger charge is 2.14. The Morgan fingerprint density at radius 2 is 1.70 bits per heavy atom. The quantitative estimate of drug-likeness (QED) is 0.776. The third-order valence-electron chi connectivity index (χ3n) is 4.59. The van der Waals surface area contributed by atoms with Crippen LogP contribution in [0.4, 0.5) is 0 Å². The van der Waals surface area contributed by atoms with Crippen molar-refractivity contribution in [2.75, 3.05) is 13.1 Å². The largest absolute Gasteiger partial charge is 0.358 e. The fraction of sp³-hybridized carbons (Fsp3) is 0.550. The zero-order valence-corrected chi connectivity index (χ0v) is 15.0. The zero-order chi connectivity index (χ0) is 16.8. The molecule has 3 heteroatoms. The second kappa shape index (κ2) is 8.30. The van der Waals surface area contributed by atoms with Gasteiger partial charge in [-0.25, -0.2) is 0 Å². The zero-order valence-electron chi connectivity index (χ0n) is 15.0. The molecule has 0 aliphatic carbocycles. The molecule has 3 nitrogen and oxygen atoms in total. The summed E-state index contributed by atoms with van der Waals surface area (Å²) in [7, 11) is 0. The molecule has 0 aliphatic rings. The molecule has 0 amide bonds. The number of hydrogen-bond donors (Lipinski definition) is 1. The van der Waals surface area contributed by atoms with E-state index in [2.05, 4.69) is 23.7 Å². The molecule has 23 heavy (non-hydrogen) atoms. The maximum absolute atomic E-state index is 12.9. The highest BCUT2D eigenvalue weighted by atomic mass is 16.1. The molecule has 126 valence electrons. The minimum absolute atomic E-state index is 0.193. The summed E-state index contributed by atoms with van der Waals surface area (Å²) in [5, 5.41) is 0.816. The van der Waals surface area contributed by atoms with Crippen LogP contribution in [0, 0.1) is 13.8 Å². The molecule has 1 heterocycles. The van der Waals surface area contributed by atoms with Gasteiger partial charge in [-0.3, -0.25) is 9.69 Å². The molecule has 1 N–H and O–H groups in total. The maximum Gasteiger partial charge on any atom is 0.194 e. The van der Waals surface area contributed by atoms with Gasteiger partial charge in [0.2, 0.25) is 0 Å². The van der Waals surface area contributed by atoms with Crippen LogP contribution in [0.3, 0.4) is 0 Å². The standard InChI is InChI=1S/C20H30N2O/c1-5-7-12-22(13-8-6-2)14-18-16(4)21-19-15(3)10-9-11-17(19)20(18)23/h9-11H,5-8,12-14H2,1-4H3,(H,21,23). The summed E-state index contributed by atoms with van der Waals surface area (Å²) in [6.07, 6.45) is 4.75. The Labute approximate surface area is 139 Å². The molecule has 0 spiro atoms. The van der Waals surface area contributed by atoms with Crippen molar-refractivity contribution < 1.29 is 0 Å². The van der Waals surface area contributed by atoms with Gasteiger partial charge in [0, 0.05) is 23.2 Å². The molecule has 0 bridgehead atoms. The van der Waals surface area contributed by atoms with E-state index < -0.39 is 0 Å². The average molecular weight is 314 g/mol. The summed E-state index contributed by atoms with van der Waals surface area (Å²) in [6.45, 7) is 11.4. The number of nitrogens with zero attached hydrogens (tertiary/aromatic N) is 1. The molecule has 1 aromatic heterocycles. The van der Waals surface area contributed by atoms with Crippen LogP contribution in [0.5, 0.6) is 0 Å². The van der Waals surface area contributed by atoms with Crippen LogP contribution in [0.2, 0.25) is 0 Å². The Morgan fingerprint density at radius 1 is 1.04 bits per heavy atom. The summed E-state index contributed by atoms with van der Waals surface area (Å²) in [5.41, 5.74) is 4.23. The fourth-order valence-electron chi connectivity index (χ4n) is 3.07. The first kappa shape index (κ1) is 17.7. The van der Waals surface area contributed by atoms with Crippen LogP contribution in [0.1, 0.15) is 56.4 Å². The summed E-state index contributed by atoms with van der Waals surface area (Å²) in [4.78, 5) is 18.8. The highest BCUT2D eigenvalue weighted by Crippen LogP contribution is 2.16. The molecule has 0 unspecified atom stereocenters. The van der Waals surface area contributed by atoms with E-state index in [1.54, 1.807) is 0 Å². The van der Waals surface area contributed by atoms with Crippen molar-refractivity contribution in [1.29, 1.82) is 0 Å². The number of benzene rings is 1. The van der Waals surface area contributed by atoms with Crippen molar-refractivity contribution in [2.24, 2.45) is 0 Å². The van der Waals surface area contributed by atoms with Crippen LogP contribution in [-0.4, -0.2) is 23.0 Å². The molecule has 0 atom stereocenters. The normalized spacial score (nSPS) is 11.5. The van der Waals surface area contributed by atoms with Gasteiger partial charge in [0.1, 0.15) is 0 Å². The van der Waals surface area contributed by atoms with E-state index in [0.29, 0.717) is 0 Å². The number of aromatic nitrogens is 1. The number of fused-ring (bicyclic) bond motifs is 1. The number of pyridine rings is 1. The third kappa shape index (κ3) is 4.23. The third-order valence-corrected chi connectivity index (χ3v) is 4.59. The van der Waals surface area contributed by atoms with Crippen LogP contribution in [0.15, 0.2) is 23.0 Å². The summed E-state index contributed by atoms with van der Waals surface area (Å²) < 4.78 is 0. The number of aromatic amines is 1. The van der Waals surface area contributed by atoms with E-state index in [9.17, 15) is 4.79 Å². The minimum atomic E-state index is 0.193. The average Bonchev–Trinajstić information content (AvgIpc) is 2.54. The van der Waals surface area contributed by atoms with E-state index >= 15 is 0 Å². The minimum Gasteiger partial charge on any atom is -0.358 e. The number of nitrogens with one attached hydrogen (secondary N) is 1. The molecule has 0 saturated heterocycles. The van der Waals surface area contributed by atoms with Crippen molar-refractivity contribution in [2.45, 2.75) is 59.9 Å². The lowest BCUT2D eigenvalue weighted by Crippen LogP contribution is -2.29. The summed E-state index contributed by atoms with van der Waals surface area (Å²) in [6, 6.07) is 5.96. The topological polar surface area (TPSA) is 36.1 Å². The van der Waals surface area contributed by atoms with E-state index in [1.165, 1.54) is 25.7 Å². The van der Waals surface area contributed by atoms with Gasteiger partial charge in [0.05, 0.1) is 5.52 Å². The molecule has 1 aromatic carbocycles. The van der Waals surface area contributed by atoms with Gasteiger partial charge in [-0.1, -0.05) is 38.8 Å². The smallest absolute Gasteiger partial charge is 0.194 e. The van der Waals surface area contributed by atoms with Gasteiger partial charge in [-0.2, -0.15) is 0 Å². The number of unbranched alkanes of at least 4 members (excludes halogenated alkanes) is 2. The molecular formula is C20H30N2O. The first-order valence-electron chi connectivity index (χ1n) is 8.91. The number of aryl methyl sites for hydroxylation is 2. The number of para-hydroxylation sites is 1. The van der Waals surface area contributed by atoms with Crippen molar-refractivity contribution >= 4 is 10.9 Å². The number of hydrogen-bond acceptors (Lipinski definition) is 2. The van der Waals surface area contributed by atoms with Crippen LogP contribution in [-0.2, 0) is 6.54 Å². The number of H-pyrrole nitrogens is 1. The molecule has 0 saturated carbocycles. The lowest BCUT2D eigenvalue weighted by molar-refractivity contribution is 0.256. The Kier molecular flexibility index (Phi) is 6.40. The maximum atomic E-state index is 12.9. The van der Waals surface area contributed by atoms with Gasteiger partial charge in [0.25, 0.3) is 0 Å². The van der Waals surface area contributed by atoms with E-state index in [-0.39, 0.29) is 5.43 Å². The Bertz CT molecular complexity index is 695. The van der Waals surface area contributed by atoms with E-state index in [4.69, 9.17) is 0 Å². The van der Waals surface area contributed by atoms with E-state index in [0.717, 1.165) is 47.4 Å². The number of rotatable bonds is 8. The van der Waals surface area contributed by atoms with Crippen molar-refractivity contribution in [3.8, 4) is 0 Å². The monoisotopic (exact) mass is 314 g/mol. The van der Waals surface area contributed by atoms with E-state index in [1.807, 2.05) is 32.0 Å². The fourth-order valence-corrected chi connectivity index (χ4v) is 3.07. The van der Waals surface area contributed by atoms with Gasteiger partial charge in [-0.15, -0.1) is 0 Å². The second-order valence-electron chi connectivity index (χ2n) is 6.54. The van der Waals surface area contributed by atoms with Gasteiger partial charge in [-0.05, 0) is 51.4 Å². The van der Waals surface area contributed by atoms with Gasteiger partial charge >= 0.3 is 0 Å². The Morgan fingerprint density at radius 3 is 2.30 bits per heavy atom. The Hall–Kier alpha value is -1.61. The van der Waals surface area contributed by atoms with Crippen LogP contribution in [0.25, 0.3) is 10.9 Å². The molecule has 0 fully saturated rings. The first-order chi connectivity index (χ1) is 11.1.